The minimum absolute atomic E-state index is 1.17. The van der Waals surface area contributed by atoms with Crippen LogP contribution in [0.25, 0.3) is 0 Å². The smallest absolute Gasteiger partial charge is 0.00157 e. The molecule has 0 N–H and O–H groups in total. The maximum Gasteiger partial charge on any atom is 0.00157 e. The Labute approximate surface area is 64.7 Å². The second kappa shape index (κ2) is 6.81. The van der Waals surface area contributed by atoms with Gasteiger partial charge in [-0.25, -0.2) is 0 Å². The van der Waals surface area contributed by atoms with Crippen LogP contribution in [0.2, 0.25) is 0 Å². The van der Waals surface area contributed by atoms with Gasteiger partial charge in [0, 0.05) is 6.54 Å². The van der Waals surface area contributed by atoms with Crippen LogP contribution < -0.4 is 0 Å². The summed E-state index contributed by atoms with van der Waals surface area (Å²) in [5.74, 6) is 0. The molecule has 0 saturated heterocycles. The maximum atomic E-state index is 2.43. The summed E-state index contributed by atoms with van der Waals surface area (Å²) in [6, 6.07) is 0. The van der Waals surface area contributed by atoms with E-state index in [9.17, 15) is 0 Å². The molecule has 0 aliphatic carbocycles. The lowest BCUT2D eigenvalue weighted by Crippen LogP contribution is -2.23. The van der Waals surface area contributed by atoms with E-state index in [0.717, 1.165) is 0 Å². The molecule has 1 nitrogen and oxygen atoms in total. The molecule has 0 fully saturated rings. The summed E-state index contributed by atoms with van der Waals surface area (Å²) in [4.78, 5) is 2.43. The summed E-state index contributed by atoms with van der Waals surface area (Å²) in [6.45, 7) is 10.0. The maximum absolute atomic E-state index is 2.43. The highest BCUT2D eigenvalue weighted by Gasteiger charge is 1.94. The zero-order valence-electron chi connectivity index (χ0n) is 7.43. The van der Waals surface area contributed by atoms with Crippen molar-refractivity contribution in [1.29, 1.82) is 0 Å². The molecule has 0 unspecified atom stereocenters. The Balaban J connectivity index is 3.25. The van der Waals surface area contributed by atoms with Gasteiger partial charge in [-0.15, -0.1) is 0 Å². The lowest BCUT2D eigenvalue weighted by molar-refractivity contribution is 0.310. The summed E-state index contributed by atoms with van der Waals surface area (Å²) in [5.41, 5.74) is 0. The second-order valence-electron chi connectivity index (χ2n) is 2.38. The topological polar surface area (TPSA) is 3.24 Å². The largest absolute Gasteiger partial charge is 0.304 e. The van der Waals surface area contributed by atoms with Crippen molar-refractivity contribution in [2.75, 3.05) is 19.6 Å². The van der Waals surface area contributed by atoms with Crippen LogP contribution in [0.15, 0.2) is 12.2 Å². The minimum Gasteiger partial charge on any atom is -0.304 e. The quantitative estimate of drug-likeness (QED) is 0.531. The third-order valence-electron chi connectivity index (χ3n) is 1.74. The zero-order valence-corrected chi connectivity index (χ0v) is 7.43. The van der Waals surface area contributed by atoms with Crippen molar-refractivity contribution in [2.45, 2.75) is 27.2 Å². The Hall–Kier alpha value is -0.300. The summed E-state index contributed by atoms with van der Waals surface area (Å²) in [6.07, 6.45) is 5.53. The van der Waals surface area contributed by atoms with Crippen LogP contribution in [-0.4, -0.2) is 24.5 Å². The molecule has 0 amide bonds. The van der Waals surface area contributed by atoms with Gasteiger partial charge in [-0.2, -0.15) is 0 Å². The van der Waals surface area contributed by atoms with E-state index >= 15 is 0 Å². The van der Waals surface area contributed by atoms with Crippen molar-refractivity contribution in [3.05, 3.63) is 12.2 Å². The van der Waals surface area contributed by atoms with Gasteiger partial charge < -0.3 is 4.90 Å². The Kier molecular flexibility index (Phi) is 6.61. The Morgan fingerprint density at radius 3 is 2.20 bits per heavy atom. The van der Waals surface area contributed by atoms with Gasteiger partial charge in [0.15, 0.2) is 0 Å². The Morgan fingerprint density at radius 2 is 1.80 bits per heavy atom. The summed E-state index contributed by atoms with van der Waals surface area (Å²) < 4.78 is 0. The molecule has 0 radical (unpaired) electrons. The molecule has 0 aliphatic rings. The van der Waals surface area contributed by atoms with Crippen LogP contribution in [0.4, 0.5) is 0 Å². The predicted octanol–water partition coefficient (Wildman–Crippen LogP) is 2.29. The van der Waals surface area contributed by atoms with Crippen LogP contribution in [0.3, 0.4) is 0 Å². The molecule has 0 aliphatic heterocycles. The number of allylic oxidation sites excluding steroid dienone is 1. The van der Waals surface area contributed by atoms with Crippen molar-refractivity contribution < 1.29 is 0 Å². The van der Waals surface area contributed by atoms with Crippen LogP contribution in [-0.2, 0) is 0 Å². The van der Waals surface area contributed by atoms with Gasteiger partial charge in [0.25, 0.3) is 0 Å². The van der Waals surface area contributed by atoms with Gasteiger partial charge in [0.2, 0.25) is 0 Å². The van der Waals surface area contributed by atoms with E-state index in [1.165, 1.54) is 26.1 Å². The molecule has 10 heavy (non-hydrogen) atoms. The predicted molar refractivity (Wildman–Crippen MR) is 47.2 cm³/mol. The van der Waals surface area contributed by atoms with Gasteiger partial charge in [-0.1, -0.05) is 26.0 Å². The van der Waals surface area contributed by atoms with Crippen molar-refractivity contribution >= 4 is 0 Å². The highest BCUT2D eigenvalue weighted by Crippen LogP contribution is 1.90. The van der Waals surface area contributed by atoms with Gasteiger partial charge in [-0.05, 0) is 26.4 Å². The first kappa shape index (κ1) is 9.70. The minimum atomic E-state index is 1.17. The molecule has 0 aromatic carbocycles. The second-order valence-corrected chi connectivity index (χ2v) is 2.38. The fraction of sp³-hybridized carbons (Fsp3) is 0.778. The third-order valence-corrected chi connectivity index (χ3v) is 1.74. The third kappa shape index (κ3) is 4.57. The summed E-state index contributed by atoms with van der Waals surface area (Å²) in [7, 11) is 0. The molecule has 60 valence electrons. The molecule has 0 atom stereocenters. The highest BCUT2D eigenvalue weighted by molar-refractivity contribution is 4.77. The van der Waals surface area contributed by atoms with Crippen molar-refractivity contribution in [3.63, 3.8) is 0 Å². The lowest BCUT2D eigenvalue weighted by atomic mass is 10.3. The molecule has 0 aromatic heterocycles. The lowest BCUT2D eigenvalue weighted by Gasteiger charge is -2.15. The number of nitrogens with zero attached hydrogens (tertiary/aromatic N) is 1. The van der Waals surface area contributed by atoms with E-state index in [2.05, 4.69) is 37.8 Å². The number of hydrogen-bond donors (Lipinski definition) is 0. The van der Waals surface area contributed by atoms with Gasteiger partial charge in [0.1, 0.15) is 0 Å². The van der Waals surface area contributed by atoms with E-state index in [0.29, 0.717) is 0 Å². The van der Waals surface area contributed by atoms with Crippen LogP contribution in [0, 0.1) is 0 Å². The van der Waals surface area contributed by atoms with Gasteiger partial charge in [-0.3, -0.25) is 0 Å². The van der Waals surface area contributed by atoms with E-state index in [-0.39, 0.29) is 0 Å². The highest BCUT2D eigenvalue weighted by atomic mass is 15.1. The number of rotatable bonds is 5. The first-order chi connectivity index (χ1) is 4.85. The van der Waals surface area contributed by atoms with Crippen LogP contribution >= 0.6 is 0 Å². The monoisotopic (exact) mass is 141 g/mol. The van der Waals surface area contributed by atoms with Crippen molar-refractivity contribution in [1.82, 2.24) is 4.90 Å². The first-order valence-electron chi connectivity index (χ1n) is 4.18. The molecule has 0 heterocycles. The summed E-state index contributed by atoms with van der Waals surface area (Å²) in [5, 5.41) is 0. The molecular formula is C9H19N. The van der Waals surface area contributed by atoms with Crippen molar-refractivity contribution in [2.24, 2.45) is 0 Å². The molecule has 0 spiro atoms. The van der Waals surface area contributed by atoms with Crippen molar-refractivity contribution in [3.8, 4) is 0 Å². The Morgan fingerprint density at radius 1 is 1.20 bits per heavy atom. The molecule has 0 saturated carbocycles. The standard InChI is InChI=1S/C9H19N/c1-4-7-8-9-10(5-2)6-3/h4,7H,5-6,8-9H2,1-3H3. The fourth-order valence-electron chi connectivity index (χ4n) is 0.964. The normalized spacial score (nSPS) is 11.6. The van der Waals surface area contributed by atoms with E-state index in [1.54, 1.807) is 0 Å². The average Bonchev–Trinajstić information content (AvgIpc) is 1.99. The van der Waals surface area contributed by atoms with Crippen LogP contribution in [0.1, 0.15) is 27.2 Å². The molecular weight excluding hydrogens is 122 g/mol. The number of hydrogen-bond acceptors (Lipinski definition) is 1. The Bertz CT molecular complexity index is 82.7. The van der Waals surface area contributed by atoms with E-state index < -0.39 is 0 Å². The van der Waals surface area contributed by atoms with Gasteiger partial charge >= 0.3 is 0 Å². The van der Waals surface area contributed by atoms with Gasteiger partial charge in [0.05, 0.1) is 0 Å². The molecule has 1 heteroatoms. The van der Waals surface area contributed by atoms with Crippen LogP contribution in [0.5, 0.6) is 0 Å². The van der Waals surface area contributed by atoms with E-state index in [4.69, 9.17) is 0 Å². The SMILES string of the molecule is CC=CCCN(CC)CC. The fourth-order valence-corrected chi connectivity index (χ4v) is 0.964. The summed E-state index contributed by atoms with van der Waals surface area (Å²) >= 11 is 0. The molecule has 0 bridgehead atoms. The molecule has 0 rings (SSSR count). The van der Waals surface area contributed by atoms with E-state index in [1.807, 2.05) is 0 Å². The molecule has 0 aromatic rings. The first-order valence-corrected chi connectivity index (χ1v) is 4.18. The zero-order chi connectivity index (χ0) is 7.82. The average molecular weight is 141 g/mol.